The van der Waals surface area contributed by atoms with Gasteiger partial charge in [0.25, 0.3) is 0 Å². The molecule has 1 heterocycles. The summed E-state index contributed by atoms with van der Waals surface area (Å²) in [7, 11) is 0. The fourth-order valence-corrected chi connectivity index (χ4v) is 3.46. The summed E-state index contributed by atoms with van der Waals surface area (Å²) >= 11 is 6.32. The van der Waals surface area contributed by atoms with Gasteiger partial charge in [0.1, 0.15) is 11.6 Å². The van der Waals surface area contributed by atoms with Gasteiger partial charge in [0.15, 0.2) is 0 Å². The number of halogens is 3. The lowest BCUT2D eigenvalue weighted by atomic mass is 10.0. The highest BCUT2D eigenvalue weighted by Crippen LogP contribution is 2.34. The van der Waals surface area contributed by atoms with Gasteiger partial charge in [-0.2, -0.15) is 0 Å². The van der Waals surface area contributed by atoms with E-state index in [0.717, 1.165) is 43.4 Å². The second-order valence-electron chi connectivity index (χ2n) is 6.13. The molecule has 1 atom stereocenters. The van der Waals surface area contributed by atoms with Crippen molar-refractivity contribution < 1.29 is 13.6 Å². The Bertz CT molecular complexity index is 769. The van der Waals surface area contributed by atoms with E-state index in [1.54, 1.807) is 11.0 Å². The zero-order chi connectivity index (χ0) is 17.8. The summed E-state index contributed by atoms with van der Waals surface area (Å²) in [6.45, 7) is 0.560. The van der Waals surface area contributed by atoms with Crippen molar-refractivity contribution in [1.29, 1.82) is 0 Å². The SMILES string of the molecule is O=C(Nc1ccc(F)cc1F)N1CCCCCC1c1ccccc1Cl. The molecule has 0 radical (unpaired) electrons. The van der Waals surface area contributed by atoms with Crippen LogP contribution in [0.15, 0.2) is 42.5 Å². The van der Waals surface area contributed by atoms with Gasteiger partial charge in [0, 0.05) is 17.6 Å². The van der Waals surface area contributed by atoms with E-state index in [2.05, 4.69) is 5.32 Å². The minimum Gasteiger partial charge on any atom is -0.317 e. The number of amides is 2. The highest BCUT2D eigenvalue weighted by Gasteiger charge is 2.28. The molecular weight excluding hydrogens is 346 g/mol. The third kappa shape index (κ3) is 4.10. The van der Waals surface area contributed by atoms with Crippen LogP contribution in [0.4, 0.5) is 19.3 Å². The number of nitrogens with zero attached hydrogens (tertiary/aromatic N) is 1. The van der Waals surface area contributed by atoms with Crippen LogP contribution in [0.2, 0.25) is 5.02 Å². The van der Waals surface area contributed by atoms with E-state index in [1.165, 1.54) is 6.07 Å². The summed E-state index contributed by atoms with van der Waals surface area (Å²) in [6.07, 6.45) is 3.68. The number of anilines is 1. The molecule has 25 heavy (non-hydrogen) atoms. The van der Waals surface area contributed by atoms with Crippen LogP contribution in [0.3, 0.4) is 0 Å². The first-order chi connectivity index (χ1) is 12.1. The van der Waals surface area contributed by atoms with Crippen molar-refractivity contribution in [2.24, 2.45) is 0 Å². The lowest BCUT2D eigenvalue weighted by Crippen LogP contribution is -2.38. The van der Waals surface area contributed by atoms with E-state index in [9.17, 15) is 13.6 Å². The van der Waals surface area contributed by atoms with E-state index in [0.29, 0.717) is 11.6 Å². The molecule has 1 aliphatic rings. The number of rotatable bonds is 2. The number of carbonyl (C=O) groups excluding carboxylic acids is 1. The lowest BCUT2D eigenvalue weighted by molar-refractivity contribution is 0.189. The Morgan fingerprint density at radius 3 is 2.68 bits per heavy atom. The van der Waals surface area contributed by atoms with Crippen molar-refractivity contribution in [1.82, 2.24) is 4.90 Å². The van der Waals surface area contributed by atoms with Gasteiger partial charge in [-0.05, 0) is 36.6 Å². The number of hydrogen-bond acceptors (Lipinski definition) is 1. The zero-order valence-electron chi connectivity index (χ0n) is 13.6. The molecule has 2 aromatic rings. The molecule has 6 heteroatoms. The number of hydrogen-bond donors (Lipinski definition) is 1. The fraction of sp³-hybridized carbons (Fsp3) is 0.316. The quantitative estimate of drug-likeness (QED) is 0.721. The summed E-state index contributed by atoms with van der Waals surface area (Å²) < 4.78 is 26.9. The summed E-state index contributed by atoms with van der Waals surface area (Å²) in [5, 5.41) is 3.17. The van der Waals surface area contributed by atoms with Crippen LogP contribution >= 0.6 is 11.6 Å². The minimum absolute atomic E-state index is 0.0337. The Kier molecular flexibility index (Phi) is 5.53. The normalized spacial score (nSPS) is 17.9. The van der Waals surface area contributed by atoms with Crippen molar-refractivity contribution >= 4 is 23.3 Å². The van der Waals surface area contributed by atoms with Gasteiger partial charge in [0.2, 0.25) is 0 Å². The molecule has 1 saturated heterocycles. The van der Waals surface area contributed by atoms with E-state index >= 15 is 0 Å². The summed E-state index contributed by atoms with van der Waals surface area (Å²) in [5.74, 6) is -1.48. The van der Waals surface area contributed by atoms with Crippen LogP contribution in [0.1, 0.15) is 37.3 Å². The molecule has 1 unspecified atom stereocenters. The molecule has 0 saturated carbocycles. The van der Waals surface area contributed by atoms with Crippen molar-refractivity contribution in [3.05, 3.63) is 64.7 Å². The number of likely N-dealkylation sites (tertiary alicyclic amines) is 1. The molecule has 1 aliphatic heterocycles. The molecular formula is C19H19ClF2N2O. The second-order valence-corrected chi connectivity index (χ2v) is 6.54. The average molecular weight is 365 g/mol. The van der Waals surface area contributed by atoms with Gasteiger partial charge < -0.3 is 10.2 Å². The van der Waals surface area contributed by atoms with E-state index in [1.807, 2.05) is 18.2 Å². The molecule has 132 valence electrons. The number of benzene rings is 2. The molecule has 3 rings (SSSR count). The standard InChI is InChI=1S/C19H19ClF2N2O/c20-15-7-4-3-6-14(15)18-8-2-1-5-11-24(18)19(25)23-17-10-9-13(21)12-16(17)22/h3-4,6-7,9-10,12,18H,1-2,5,8,11H2,(H,23,25). The molecule has 1 fully saturated rings. The molecule has 1 N–H and O–H groups in total. The smallest absolute Gasteiger partial charge is 0.317 e. The topological polar surface area (TPSA) is 32.3 Å². The maximum absolute atomic E-state index is 13.8. The Morgan fingerprint density at radius 2 is 1.92 bits per heavy atom. The van der Waals surface area contributed by atoms with Crippen molar-refractivity contribution in [2.75, 3.05) is 11.9 Å². The Hall–Kier alpha value is -2.14. The first-order valence-electron chi connectivity index (χ1n) is 8.33. The largest absolute Gasteiger partial charge is 0.322 e. The summed E-state index contributed by atoms with van der Waals surface area (Å²) in [4.78, 5) is 14.5. The monoisotopic (exact) mass is 364 g/mol. The molecule has 0 bridgehead atoms. The van der Waals surface area contributed by atoms with Crippen LogP contribution in [0, 0.1) is 11.6 Å². The fourth-order valence-electron chi connectivity index (χ4n) is 3.20. The van der Waals surface area contributed by atoms with Crippen molar-refractivity contribution in [2.45, 2.75) is 31.7 Å². The predicted octanol–water partition coefficient (Wildman–Crippen LogP) is 5.77. The Labute approximate surface area is 150 Å². The zero-order valence-corrected chi connectivity index (χ0v) is 14.4. The first-order valence-corrected chi connectivity index (χ1v) is 8.71. The van der Waals surface area contributed by atoms with Crippen LogP contribution in [-0.4, -0.2) is 17.5 Å². The van der Waals surface area contributed by atoms with Gasteiger partial charge in [-0.15, -0.1) is 0 Å². The van der Waals surface area contributed by atoms with Crippen molar-refractivity contribution in [3.8, 4) is 0 Å². The van der Waals surface area contributed by atoms with Gasteiger partial charge in [-0.25, -0.2) is 13.6 Å². The van der Waals surface area contributed by atoms with Gasteiger partial charge in [-0.3, -0.25) is 0 Å². The first kappa shape index (κ1) is 17.7. The summed E-state index contributed by atoms with van der Waals surface area (Å²) in [6, 6.07) is 9.98. The highest BCUT2D eigenvalue weighted by atomic mass is 35.5. The Morgan fingerprint density at radius 1 is 1.12 bits per heavy atom. The molecule has 2 aromatic carbocycles. The summed E-state index contributed by atoms with van der Waals surface area (Å²) in [5.41, 5.74) is 0.856. The third-order valence-corrected chi connectivity index (χ3v) is 4.79. The van der Waals surface area contributed by atoms with Gasteiger partial charge in [0.05, 0.1) is 11.7 Å². The van der Waals surface area contributed by atoms with E-state index in [4.69, 9.17) is 11.6 Å². The molecule has 0 spiro atoms. The lowest BCUT2D eigenvalue weighted by Gasteiger charge is -2.31. The minimum atomic E-state index is -0.794. The number of urea groups is 1. The molecule has 0 aliphatic carbocycles. The third-order valence-electron chi connectivity index (χ3n) is 4.45. The number of carbonyl (C=O) groups is 1. The Balaban J connectivity index is 1.86. The maximum Gasteiger partial charge on any atom is 0.322 e. The van der Waals surface area contributed by atoms with Crippen molar-refractivity contribution in [3.63, 3.8) is 0 Å². The molecule has 2 amide bonds. The van der Waals surface area contributed by atoms with Crippen LogP contribution in [-0.2, 0) is 0 Å². The van der Waals surface area contributed by atoms with E-state index < -0.39 is 17.7 Å². The molecule has 0 aromatic heterocycles. The predicted molar refractivity (Wildman–Crippen MR) is 94.7 cm³/mol. The average Bonchev–Trinajstić information content (AvgIpc) is 2.84. The van der Waals surface area contributed by atoms with E-state index in [-0.39, 0.29) is 11.7 Å². The maximum atomic E-state index is 13.8. The van der Waals surface area contributed by atoms with Crippen LogP contribution in [0.5, 0.6) is 0 Å². The van der Waals surface area contributed by atoms with Gasteiger partial charge in [-0.1, -0.05) is 42.6 Å². The van der Waals surface area contributed by atoms with Gasteiger partial charge >= 0.3 is 6.03 Å². The molecule has 3 nitrogen and oxygen atoms in total. The second kappa shape index (κ2) is 7.83. The van der Waals surface area contributed by atoms with Crippen LogP contribution < -0.4 is 5.32 Å². The number of nitrogens with one attached hydrogen (secondary N) is 1. The highest BCUT2D eigenvalue weighted by molar-refractivity contribution is 6.31. The van der Waals surface area contributed by atoms with Crippen LogP contribution in [0.25, 0.3) is 0 Å².